The minimum absolute atomic E-state index is 0.0674. The number of sulfone groups is 1. The van der Waals surface area contributed by atoms with E-state index in [1.54, 1.807) is 6.92 Å². The highest BCUT2D eigenvalue weighted by Crippen LogP contribution is 2.13. The molecule has 0 heterocycles. The molecule has 0 unspecified atom stereocenters. The van der Waals surface area contributed by atoms with Crippen molar-refractivity contribution in [1.82, 2.24) is 5.32 Å². The van der Waals surface area contributed by atoms with Crippen LogP contribution in [0.1, 0.15) is 26.3 Å². The molecular weight excluding hydrogens is 262 g/mol. The Morgan fingerprint density at radius 3 is 2.68 bits per heavy atom. The van der Waals surface area contributed by atoms with Crippen molar-refractivity contribution >= 4 is 9.84 Å². The molecule has 0 amide bonds. The van der Waals surface area contributed by atoms with Gasteiger partial charge in [0.25, 0.3) is 0 Å². The predicted octanol–water partition coefficient (Wildman–Crippen LogP) is 2.00. The fourth-order valence-corrected chi connectivity index (χ4v) is 2.12. The molecule has 0 bridgehead atoms. The van der Waals surface area contributed by atoms with Crippen LogP contribution in [-0.2, 0) is 16.4 Å². The summed E-state index contributed by atoms with van der Waals surface area (Å²) in [6, 6.07) is 8.15. The van der Waals surface area contributed by atoms with Gasteiger partial charge in [0.1, 0.15) is 12.4 Å². The number of hydrogen-bond acceptors (Lipinski definition) is 4. The fraction of sp³-hybridized carbons (Fsp3) is 0.571. The maximum atomic E-state index is 11.3. The first kappa shape index (κ1) is 16.0. The quantitative estimate of drug-likeness (QED) is 0.793. The van der Waals surface area contributed by atoms with Gasteiger partial charge in [-0.25, -0.2) is 8.42 Å². The molecule has 1 aromatic carbocycles. The molecule has 0 aliphatic rings. The minimum Gasteiger partial charge on any atom is -0.493 e. The highest BCUT2D eigenvalue weighted by atomic mass is 32.2. The van der Waals surface area contributed by atoms with Crippen LogP contribution in [0.3, 0.4) is 0 Å². The third-order valence-corrected chi connectivity index (χ3v) is 4.38. The van der Waals surface area contributed by atoms with Crippen LogP contribution in [0.15, 0.2) is 24.3 Å². The zero-order chi connectivity index (χ0) is 14.3. The van der Waals surface area contributed by atoms with E-state index in [-0.39, 0.29) is 18.1 Å². The van der Waals surface area contributed by atoms with Crippen LogP contribution in [-0.4, -0.2) is 32.6 Å². The lowest BCUT2D eigenvalue weighted by atomic mass is 10.2. The van der Waals surface area contributed by atoms with Crippen LogP contribution in [0.4, 0.5) is 0 Å². The zero-order valence-corrected chi connectivity index (χ0v) is 12.7. The fourth-order valence-electron chi connectivity index (χ4n) is 1.50. The first-order valence-electron chi connectivity index (χ1n) is 6.58. The molecule has 0 fully saturated rings. The van der Waals surface area contributed by atoms with Gasteiger partial charge in [0.05, 0.1) is 5.75 Å². The molecular formula is C14H23NO3S. The molecule has 1 aromatic rings. The molecule has 0 aliphatic carbocycles. The smallest absolute Gasteiger partial charge is 0.153 e. The molecule has 0 aromatic heterocycles. The zero-order valence-electron chi connectivity index (χ0n) is 11.8. The summed E-state index contributed by atoms with van der Waals surface area (Å²) in [5.74, 6) is 0.946. The topological polar surface area (TPSA) is 55.4 Å². The predicted molar refractivity (Wildman–Crippen MR) is 78.2 cm³/mol. The normalized spacial score (nSPS) is 11.8. The van der Waals surface area contributed by atoms with Crippen LogP contribution in [0.5, 0.6) is 5.75 Å². The number of benzene rings is 1. The Kier molecular flexibility index (Phi) is 6.31. The first-order valence-corrected chi connectivity index (χ1v) is 8.40. The van der Waals surface area contributed by atoms with Crippen molar-refractivity contribution in [3.63, 3.8) is 0 Å². The monoisotopic (exact) mass is 285 g/mol. The van der Waals surface area contributed by atoms with Crippen molar-refractivity contribution in [1.29, 1.82) is 0 Å². The Balaban J connectivity index is 2.48. The van der Waals surface area contributed by atoms with E-state index in [0.717, 1.165) is 12.1 Å². The molecule has 4 nitrogen and oxygen atoms in total. The summed E-state index contributed by atoms with van der Waals surface area (Å²) in [7, 11) is -2.96. The Morgan fingerprint density at radius 2 is 2.05 bits per heavy atom. The van der Waals surface area contributed by atoms with Crippen LogP contribution < -0.4 is 10.1 Å². The van der Waals surface area contributed by atoms with E-state index < -0.39 is 9.84 Å². The summed E-state index contributed by atoms with van der Waals surface area (Å²) in [5.41, 5.74) is 1.13. The molecule has 0 atom stereocenters. The SMILES string of the molecule is CCS(=O)(=O)CCOc1cccc(CNC(C)C)c1. The molecule has 0 saturated heterocycles. The van der Waals surface area contributed by atoms with E-state index >= 15 is 0 Å². The second-order valence-corrected chi connectivity index (χ2v) is 7.24. The van der Waals surface area contributed by atoms with E-state index in [4.69, 9.17) is 4.74 Å². The molecule has 0 radical (unpaired) electrons. The third-order valence-electron chi connectivity index (χ3n) is 2.72. The van der Waals surface area contributed by atoms with Gasteiger partial charge in [0.2, 0.25) is 0 Å². The summed E-state index contributed by atoms with van der Waals surface area (Å²) in [5, 5.41) is 3.33. The summed E-state index contributed by atoms with van der Waals surface area (Å²) in [6.07, 6.45) is 0. The van der Waals surface area contributed by atoms with Gasteiger partial charge in [-0.2, -0.15) is 0 Å². The molecule has 0 aliphatic heterocycles. The highest BCUT2D eigenvalue weighted by Gasteiger charge is 2.07. The summed E-state index contributed by atoms with van der Waals surface area (Å²) in [6.45, 7) is 6.82. The van der Waals surface area contributed by atoms with Gasteiger partial charge in [-0.3, -0.25) is 0 Å². The molecule has 1 N–H and O–H groups in total. The van der Waals surface area contributed by atoms with Gasteiger partial charge in [0.15, 0.2) is 9.84 Å². The Bertz CT molecular complexity index is 483. The van der Waals surface area contributed by atoms with Crippen LogP contribution in [0.25, 0.3) is 0 Å². The lowest BCUT2D eigenvalue weighted by molar-refractivity contribution is 0.340. The van der Waals surface area contributed by atoms with Gasteiger partial charge in [-0.05, 0) is 17.7 Å². The van der Waals surface area contributed by atoms with Crippen molar-refractivity contribution in [2.24, 2.45) is 0 Å². The van der Waals surface area contributed by atoms with E-state index in [1.807, 2.05) is 24.3 Å². The average Bonchev–Trinajstić information content (AvgIpc) is 2.37. The van der Waals surface area contributed by atoms with Crippen molar-refractivity contribution in [2.45, 2.75) is 33.4 Å². The molecule has 5 heteroatoms. The van der Waals surface area contributed by atoms with E-state index in [9.17, 15) is 8.42 Å². The van der Waals surface area contributed by atoms with Crippen LogP contribution in [0.2, 0.25) is 0 Å². The van der Waals surface area contributed by atoms with Crippen LogP contribution >= 0.6 is 0 Å². The maximum Gasteiger partial charge on any atom is 0.153 e. The van der Waals surface area contributed by atoms with Crippen molar-refractivity contribution < 1.29 is 13.2 Å². The summed E-state index contributed by atoms with van der Waals surface area (Å²) < 4.78 is 28.2. The largest absolute Gasteiger partial charge is 0.493 e. The van der Waals surface area contributed by atoms with Crippen molar-refractivity contribution in [3.05, 3.63) is 29.8 Å². The van der Waals surface area contributed by atoms with E-state index in [2.05, 4.69) is 19.2 Å². The van der Waals surface area contributed by atoms with Gasteiger partial charge < -0.3 is 10.1 Å². The Hall–Kier alpha value is -1.07. The van der Waals surface area contributed by atoms with Gasteiger partial charge in [-0.15, -0.1) is 0 Å². The van der Waals surface area contributed by atoms with Gasteiger partial charge in [-0.1, -0.05) is 32.9 Å². The molecule has 0 saturated carbocycles. The Labute approximate surface area is 116 Å². The first-order chi connectivity index (χ1) is 8.93. The number of nitrogens with one attached hydrogen (secondary N) is 1. The lowest BCUT2D eigenvalue weighted by Gasteiger charge is -2.10. The van der Waals surface area contributed by atoms with E-state index in [1.165, 1.54) is 0 Å². The van der Waals surface area contributed by atoms with Crippen molar-refractivity contribution in [2.75, 3.05) is 18.1 Å². The molecule has 1 rings (SSSR count). The van der Waals surface area contributed by atoms with Crippen LogP contribution in [0, 0.1) is 0 Å². The maximum absolute atomic E-state index is 11.3. The molecule has 19 heavy (non-hydrogen) atoms. The van der Waals surface area contributed by atoms with Crippen molar-refractivity contribution in [3.8, 4) is 5.75 Å². The number of hydrogen-bond donors (Lipinski definition) is 1. The average molecular weight is 285 g/mol. The van der Waals surface area contributed by atoms with E-state index in [0.29, 0.717) is 11.8 Å². The third kappa shape index (κ3) is 6.59. The highest BCUT2D eigenvalue weighted by molar-refractivity contribution is 7.91. The summed E-state index contributed by atoms with van der Waals surface area (Å²) in [4.78, 5) is 0. The van der Waals surface area contributed by atoms with Gasteiger partial charge in [0, 0.05) is 18.3 Å². The second kappa shape index (κ2) is 7.50. The standard InChI is InChI=1S/C14H23NO3S/c1-4-19(16,17)9-8-18-14-7-5-6-13(10-14)11-15-12(2)3/h5-7,10,12,15H,4,8-9,11H2,1-3H3. The molecule has 108 valence electrons. The van der Waals surface area contributed by atoms with Gasteiger partial charge >= 0.3 is 0 Å². The molecule has 0 spiro atoms. The number of ether oxygens (including phenoxy) is 1. The summed E-state index contributed by atoms with van der Waals surface area (Å²) >= 11 is 0. The minimum atomic E-state index is -2.96. The second-order valence-electron chi connectivity index (χ2n) is 4.77. The number of rotatable bonds is 8. The Morgan fingerprint density at radius 1 is 1.32 bits per heavy atom. The lowest BCUT2D eigenvalue weighted by Crippen LogP contribution is -2.21.